The van der Waals surface area contributed by atoms with E-state index in [0.717, 1.165) is 22.3 Å². The summed E-state index contributed by atoms with van der Waals surface area (Å²) in [5.41, 5.74) is 10.8. The van der Waals surface area contributed by atoms with E-state index in [-0.39, 0.29) is 12.4 Å². The molecule has 0 fully saturated rings. The summed E-state index contributed by atoms with van der Waals surface area (Å²) < 4.78 is 5.53. The van der Waals surface area contributed by atoms with E-state index in [1.807, 2.05) is 58.0 Å². The van der Waals surface area contributed by atoms with Crippen LogP contribution in [-0.4, -0.2) is 18.4 Å². The molecule has 0 saturated heterocycles. The highest BCUT2D eigenvalue weighted by Gasteiger charge is 2.09. The van der Waals surface area contributed by atoms with Crippen LogP contribution in [0.25, 0.3) is 0 Å². The molecular weight excluding hydrogens is 304 g/mol. The molecule has 0 unspecified atom stereocenters. The SMILES string of the molecule is Cc1ccc(/C(N)=N/OC(=O)COc2cc(C)cc(C)c2C)cc1. The van der Waals surface area contributed by atoms with Crippen molar-refractivity contribution in [2.75, 3.05) is 6.61 Å². The second-order valence-electron chi connectivity index (χ2n) is 5.80. The lowest BCUT2D eigenvalue weighted by Gasteiger charge is -2.11. The Labute approximate surface area is 142 Å². The highest BCUT2D eigenvalue weighted by molar-refractivity contribution is 5.97. The first-order valence-corrected chi connectivity index (χ1v) is 7.68. The lowest BCUT2D eigenvalue weighted by molar-refractivity contribution is -0.146. The van der Waals surface area contributed by atoms with Crippen LogP contribution in [0.3, 0.4) is 0 Å². The maximum absolute atomic E-state index is 11.8. The first-order chi connectivity index (χ1) is 11.4. The number of aryl methyl sites for hydroxylation is 3. The molecule has 126 valence electrons. The Morgan fingerprint density at radius 2 is 1.71 bits per heavy atom. The maximum Gasteiger partial charge on any atom is 0.372 e. The van der Waals surface area contributed by atoms with Crippen LogP contribution in [0.1, 0.15) is 27.8 Å². The highest BCUT2D eigenvalue weighted by Crippen LogP contribution is 2.23. The minimum atomic E-state index is -0.608. The van der Waals surface area contributed by atoms with Crippen molar-refractivity contribution in [2.45, 2.75) is 27.7 Å². The molecular formula is C19H22N2O3. The molecule has 2 aromatic rings. The molecule has 0 radical (unpaired) electrons. The summed E-state index contributed by atoms with van der Waals surface area (Å²) in [6, 6.07) is 11.4. The molecule has 24 heavy (non-hydrogen) atoms. The molecule has 0 aliphatic heterocycles. The minimum absolute atomic E-state index is 0.144. The van der Waals surface area contributed by atoms with Gasteiger partial charge in [-0.15, -0.1) is 0 Å². The van der Waals surface area contributed by atoms with Gasteiger partial charge < -0.3 is 15.3 Å². The Kier molecular flexibility index (Phi) is 5.58. The zero-order valence-electron chi connectivity index (χ0n) is 14.4. The van der Waals surface area contributed by atoms with Crippen molar-refractivity contribution in [3.8, 4) is 5.75 Å². The average Bonchev–Trinajstić information content (AvgIpc) is 2.55. The Morgan fingerprint density at radius 1 is 1.04 bits per heavy atom. The van der Waals surface area contributed by atoms with E-state index >= 15 is 0 Å². The lowest BCUT2D eigenvalue weighted by atomic mass is 10.1. The van der Waals surface area contributed by atoms with Crippen LogP contribution in [0.2, 0.25) is 0 Å². The third kappa shape index (κ3) is 4.59. The molecule has 0 spiro atoms. The van der Waals surface area contributed by atoms with Crippen LogP contribution in [0.4, 0.5) is 0 Å². The van der Waals surface area contributed by atoms with Crippen molar-refractivity contribution in [1.29, 1.82) is 0 Å². The lowest BCUT2D eigenvalue weighted by Crippen LogP contribution is -2.18. The number of carbonyl (C=O) groups is 1. The van der Waals surface area contributed by atoms with Crippen LogP contribution in [0.15, 0.2) is 41.6 Å². The summed E-state index contributed by atoms with van der Waals surface area (Å²) in [6.45, 7) is 7.67. The number of nitrogens with two attached hydrogens (primary N) is 1. The summed E-state index contributed by atoms with van der Waals surface area (Å²) in [4.78, 5) is 16.6. The Hall–Kier alpha value is -2.82. The van der Waals surface area contributed by atoms with Crippen LogP contribution in [0.5, 0.6) is 5.75 Å². The zero-order chi connectivity index (χ0) is 17.7. The van der Waals surface area contributed by atoms with Gasteiger partial charge in [0.2, 0.25) is 0 Å². The van der Waals surface area contributed by atoms with Gasteiger partial charge in [0.05, 0.1) is 0 Å². The maximum atomic E-state index is 11.8. The van der Waals surface area contributed by atoms with Crippen molar-refractivity contribution < 1.29 is 14.4 Å². The topological polar surface area (TPSA) is 73.9 Å². The van der Waals surface area contributed by atoms with Gasteiger partial charge in [0.1, 0.15) is 5.75 Å². The van der Waals surface area contributed by atoms with Gasteiger partial charge in [0.25, 0.3) is 0 Å². The largest absolute Gasteiger partial charge is 0.482 e. The van der Waals surface area contributed by atoms with Gasteiger partial charge in [-0.25, -0.2) is 4.79 Å². The second-order valence-corrected chi connectivity index (χ2v) is 5.80. The first-order valence-electron chi connectivity index (χ1n) is 7.68. The van der Waals surface area contributed by atoms with Crippen molar-refractivity contribution in [3.05, 3.63) is 64.2 Å². The number of carbonyl (C=O) groups excluding carboxylic acids is 1. The molecule has 2 N–H and O–H groups in total. The molecule has 0 bridgehead atoms. The molecule has 0 heterocycles. The fourth-order valence-corrected chi connectivity index (χ4v) is 2.19. The number of rotatable bonds is 5. The third-order valence-corrected chi connectivity index (χ3v) is 3.70. The number of hydrogen-bond acceptors (Lipinski definition) is 4. The number of hydrogen-bond donors (Lipinski definition) is 1. The molecule has 0 atom stereocenters. The van der Waals surface area contributed by atoms with Crippen molar-refractivity contribution in [2.24, 2.45) is 10.9 Å². The van der Waals surface area contributed by atoms with Gasteiger partial charge in [0, 0.05) is 5.56 Å². The molecule has 0 aliphatic carbocycles. The molecule has 5 nitrogen and oxygen atoms in total. The standard InChI is InChI=1S/C19H22N2O3/c1-12-5-7-16(8-6-12)19(20)21-24-18(22)11-23-17-10-13(2)9-14(3)15(17)4/h5-10H,11H2,1-4H3,(H2,20,21). The molecule has 2 rings (SSSR count). The van der Waals surface area contributed by atoms with Crippen molar-refractivity contribution in [3.63, 3.8) is 0 Å². The molecule has 0 aliphatic rings. The van der Waals surface area contributed by atoms with Gasteiger partial charge >= 0.3 is 5.97 Å². The Bertz CT molecular complexity index is 765. The summed E-state index contributed by atoms with van der Waals surface area (Å²) in [5.74, 6) is 0.203. The van der Waals surface area contributed by atoms with Gasteiger partial charge in [-0.3, -0.25) is 0 Å². The van der Waals surface area contributed by atoms with Crippen LogP contribution >= 0.6 is 0 Å². The van der Waals surface area contributed by atoms with Crippen molar-refractivity contribution in [1.82, 2.24) is 0 Å². The monoisotopic (exact) mass is 326 g/mol. The predicted molar refractivity (Wildman–Crippen MR) is 94.1 cm³/mol. The fourth-order valence-electron chi connectivity index (χ4n) is 2.19. The summed E-state index contributed by atoms with van der Waals surface area (Å²) in [7, 11) is 0. The molecule has 0 saturated carbocycles. The number of oxime groups is 1. The smallest absolute Gasteiger partial charge is 0.372 e. The van der Waals surface area contributed by atoms with E-state index in [2.05, 4.69) is 11.2 Å². The Balaban J connectivity index is 1.94. The van der Waals surface area contributed by atoms with Gasteiger partial charge in [0.15, 0.2) is 12.4 Å². The molecule has 2 aromatic carbocycles. The molecule has 0 amide bonds. The second kappa shape index (κ2) is 7.64. The van der Waals surface area contributed by atoms with Crippen LogP contribution in [-0.2, 0) is 9.63 Å². The highest BCUT2D eigenvalue weighted by atomic mass is 16.7. The van der Waals surface area contributed by atoms with Gasteiger partial charge in [-0.2, -0.15) is 0 Å². The molecule has 0 aromatic heterocycles. The van der Waals surface area contributed by atoms with E-state index in [1.165, 1.54) is 0 Å². The zero-order valence-corrected chi connectivity index (χ0v) is 14.4. The van der Waals surface area contributed by atoms with Crippen LogP contribution in [0, 0.1) is 27.7 Å². The molecule has 5 heteroatoms. The number of amidine groups is 1. The number of benzene rings is 2. The van der Waals surface area contributed by atoms with E-state index in [9.17, 15) is 4.79 Å². The number of ether oxygens (including phenoxy) is 1. The van der Waals surface area contributed by atoms with Crippen LogP contribution < -0.4 is 10.5 Å². The van der Waals surface area contributed by atoms with E-state index in [4.69, 9.17) is 15.3 Å². The summed E-state index contributed by atoms with van der Waals surface area (Å²) in [6.07, 6.45) is 0. The number of nitrogens with zero attached hydrogens (tertiary/aromatic N) is 1. The van der Waals surface area contributed by atoms with Gasteiger partial charge in [-0.1, -0.05) is 41.1 Å². The van der Waals surface area contributed by atoms with Gasteiger partial charge in [-0.05, 0) is 50.5 Å². The van der Waals surface area contributed by atoms with E-state index in [1.54, 1.807) is 0 Å². The van der Waals surface area contributed by atoms with E-state index in [0.29, 0.717) is 11.3 Å². The van der Waals surface area contributed by atoms with Crippen molar-refractivity contribution >= 4 is 11.8 Å². The minimum Gasteiger partial charge on any atom is -0.482 e. The predicted octanol–water partition coefficient (Wildman–Crippen LogP) is 3.16. The average molecular weight is 326 g/mol. The normalized spacial score (nSPS) is 11.2. The summed E-state index contributed by atoms with van der Waals surface area (Å²) >= 11 is 0. The first kappa shape index (κ1) is 17.5. The summed E-state index contributed by atoms with van der Waals surface area (Å²) in [5, 5.41) is 3.66. The quantitative estimate of drug-likeness (QED) is 0.396. The van der Waals surface area contributed by atoms with E-state index < -0.39 is 5.97 Å². The fraction of sp³-hybridized carbons (Fsp3) is 0.263. The Morgan fingerprint density at radius 3 is 2.38 bits per heavy atom. The third-order valence-electron chi connectivity index (χ3n) is 3.70.